The molecule has 1 aliphatic heterocycles. The minimum atomic E-state index is -0.381. The first-order valence-corrected chi connectivity index (χ1v) is 15.8. The van der Waals surface area contributed by atoms with Crippen molar-refractivity contribution in [1.82, 2.24) is 0 Å². The van der Waals surface area contributed by atoms with E-state index in [0.717, 1.165) is 18.1 Å². The summed E-state index contributed by atoms with van der Waals surface area (Å²) in [5.41, 5.74) is 2.81. The number of aryl methyl sites for hydroxylation is 1. The molecule has 0 atom stereocenters. The van der Waals surface area contributed by atoms with Gasteiger partial charge in [0.1, 0.15) is 0 Å². The van der Waals surface area contributed by atoms with Crippen LogP contribution < -0.4 is 13.1 Å². The van der Waals surface area contributed by atoms with Crippen LogP contribution in [0.5, 0.6) is 0 Å². The summed E-state index contributed by atoms with van der Waals surface area (Å²) in [6.45, 7) is 6.71. The van der Waals surface area contributed by atoms with Crippen molar-refractivity contribution in [2.75, 3.05) is 11.4 Å². The molecule has 30 heavy (non-hydrogen) atoms. The molecule has 4 rings (SSSR count). The van der Waals surface area contributed by atoms with E-state index in [9.17, 15) is 0 Å². The van der Waals surface area contributed by atoms with Crippen molar-refractivity contribution < 1.29 is 4.57 Å². The zero-order valence-corrected chi connectivity index (χ0v) is 23.0. The molecule has 1 aromatic heterocycles. The SMILES string of the molecule is CCCCN1C(=CC(Cl)=Cc2[te]c3ccccc3[n+]2CCCC)[Te]c2ccccc21. The fourth-order valence-corrected chi connectivity index (χ4v) is 10.8. The van der Waals surface area contributed by atoms with Crippen LogP contribution in [0.4, 0.5) is 5.69 Å². The maximum absolute atomic E-state index is 6.88. The van der Waals surface area contributed by atoms with Crippen molar-refractivity contribution in [2.24, 2.45) is 0 Å². The molecule has 0 bridgehead atoms. The molecule has 0 spiro atoms. The Morgan fingerprint density at radius 2 is 1.80 bits per heavy atom. The number of para-hydroxylation sites is 2. The van der Waals surface area contributed by atoms with Crippen LogP contribution in [0.2, 0.25) is 0 Å². The summed E-state index contributed by atoms with van der Waals surface area (Å²) in [5, 5.41) is 0.888. The zero-order chi connectivity index (χ0) is 20.9. The van der Waals surface area contributed by atoms with Crippen molar-refractivity contribution in [2.45, 2.75) is 46.1 Å². The number of anilines is 1. The molecule has 1 aliphatic rings. The second kappa shape index (κ2) is 10.7. The first-order valence-electron chi connectivity index (χ1n) is 10.8. The predicted octanol–water partition coefficient (Wildman–Crippen LogP) is 5.06. The van der Waals surface area contributed by atoms with Crippen molar-refractivity contribution >= 4 is 77.2 Å². The normalized spacial score (nSPS) is 15.4. The number of unbranched alkanes of at least 4 members (excludes halogenated alkanes) is 2. The van der Waals surface area contributed by atoms with E-state index in [-0.39, 0.29) is 41.4 Å². The molecule has 0 aliphatic carbocycles. The van der Waals surface area contributed by atoms with Gasteiger partial charge in [-0.25, -0.2) is 0 Å². The second-order valence-corrected chi connectivity index (χ2v) is 14.0. The Labute approximate surface area is 204 Å². The molecule has 0 unspecified atom stereocenters. The van der Waals surface area contributed by atoms with E-state index in [1.807, 2.05) is 0 Å². The Bertz CT molecular complexity index is 1080. The number of hydrogen-bond acceptors (Lipinski definition) is 1. The number of allylic oxidation sites excluding steroid dienone is 2. The summed E-state index contributed by atoms with van der Waals surface area (Å²) in [6, 6.07) is 17.8. The van der Waals surface area contributed by atoms with Crippen molar-refractivity contribution in [1.29, 1.82) is 0 Å². The van der Waals surface area contributed by atoms with Gasteiger partial charge < -0.3 is 0 Å². The summed E-state index contributed by atoms with van der Waals surface area (Å²) >= 11 is 6.12. The monoisotopic (exact) mass is 651 g/mol. The fraction of sp³-hybridized carbons (Fsp3) is 0.320. The van der Waals surface area contributed by atoms with E-state index in [1.165, 1.54) is 51.4 Å². The molecular weight excluding hydrogens is 619 g/mol. The van der Waals surface area contributed by atoms with Gasteiger partial charge in [-0.05, 0) is 0 Å². The number of hydrogen-bond donors (Lipinski definition) is 0. The summed E-state index contributed by atoms with van der Waals surface area (Å²) in [5.74, 6) is 0. The van der Waals surface area contributed by atoms with Crippen LogP contribution in [0.15, 0.2) is 63.4 Å². The third-order valence-corrected chi connectivity index (χ3v) is 11.8. The van der Waals surface area contributed by atoms with E-state index in [4.69, 9.17) is 11.6 Å². The molecule has 0 radical (unpaired) electrons. The van der Waals surface area contributed by atoms with Crippen LogP contribution in [0.25, 0.3) is 15.0 Å². The van der Waals surface area contributed by atoms with Crippen LogP contribution in [-0.2, 0) is 6.54 Å². The first-order chi connectivity index (χ1) is 14.7. The van der Waals surface area contributed by atoms with Crippen LogP contribution >= 0.6 is 11.6 Å². The van der Waals surface area contributed by atoms with E-state index in [1.54, 1.807) is 0 Å². The second-order valence-electron chi connectivity index (χ2n) is 7.50. The number of fused-ring (bicyclic) bond motifs is 2. The quantitative estimate of drug-likeness (QED) is 0.245. The number of nitrogens with zero attached hydrogens (tertiary/aromatic N) is 2. The number of rotatable bonds is 8. The summed E-state index contributed by atoms with van der Waals surface area (Å²) in [6.07, 6.45) is 9.38. The maximum atomic E-state index is 6.88. The minimum absolute atomic E-state index is 0.381. The fourth-order valence-electron chi connectivity index (χ4n) is 3.69. The molecule has 3 aromatic rings. The van der Waals surface area contributed by atoms with Crippen molar-refractivity contribution in [3.8, 4) is 0 Å². The number of halogens is 1. The molecule has 5 heteroatoms. The van der Waals surface area contributed by atoms with Gasteiger partial charge in [-0.1, -0.05) is 0 Å². The van der Waals surface area contributed by atoms with Crippen LogP contribution in [0.1, 0.15) is 43.2 Å². The third kappa shape index (κ3) is 5.01. The van der Waals surface area contributed by atoms with Gasteiger partial charge in [0.2, 0.25) is 0 Å². The topological polar surface area (TPSA) is 7.12 Å². The van der Waals surface area contributed by atoms with E-state index in [2.05, 4.69) is 84.0 Å². The van der Waals surface area contributed by atoms with Crippen LogP contribution in [0, 0.1) is 0 Å². The molecule has 2 nitrogen and oxygen atoms in total. The molecule has 2 aromatic carbocycles. The van der Waals surface area contributed by atoms with Gasteiger partial charge in [0.25, 0.3) is 0 Å². The van der Waals surface area contributed by atoms with Crippen molar-refractivity contribution in [3.05, 3.63) is 67.1 Å². The van der Waals surface area contributed by atoms with Crippen LogP contribution in [-0.4, -0.2) is 47.9 Å². The van der Waals surface area contributed by atoms with E-state index >= 15 is 0 Å². The van der Waals surface area contributed by atoms with Gasteiger partial charge in [-0.3, -0.25) is 0 Å². The third-order valence-electron chi connectivity index (χ3n) is 5.27. The molecular formula is C25H28ClN2Te2+. The van der Waals surface area contributed by atoms with Gasteiger partial charge in [-0.15, -0.1) is 0 Å². The van der Waals surface area contributed by atoms with Gasteiger partial charge >= 0.3 is 206 Å². The van der Waals surface area contributed by atoms with E-state index < -0.39 is 0 Å². The molecule has 0 saturated carbocycles. The van der Waals surface area contributed by atoms with Gasteiger partial charge in [0.05, 0.1) is 0 Å². The molecule has 2 heterocycles. The molecule has 0 saturated heterocycles. The van der Waals surface area contributed by atoms with Crippen LogP contribution in [0.3, 0.4) is 0 Å². The summed E-state index contributed by atoms with van der Waals surface area (Å²) in [7, 11) is 0. The van der Waals surface area contributed by atoms with E-state index in [0.29, 0.717) is 0 Å². The molecule has 0 fully saturated rings. The molecule has 156 valence electrons. The van der Waals surface area contributed by atoms with Gasteiger partial charge in [0, 0.05) is 0 Å². The van der Waals surface area contributed by atoms with Gasteiger partial charge in [-0.2, -0.15) is 0 Å². The Hall–Kier alpha value is -0.741. The standard InChI is InChI=1S/C25H28ClN2Te2/c1-3-5-15-27-20-11-7-9-13-22(20)29-24(27)17-19(26)18-25-28(16-6-4-2)21-12-8-10-14-23(21)30-25/h7-14,17-18H,3-6,15-16H2,1-2H3/q+1. The molecule has 0 N–H and O–H groups in total. The average Bonchev–Trinajstić information content (AvgIpc) is 3.27. The van der Waals surface area contributed by atoms with Crippen molar-refractivity contribution in [3.63, 3.8) is 0 Å². The summed E-state index contributed by atoms with van der Waals surface area (Å²) in [4.78, 5) is 2.52. The Morgan fingerprint density at radius 1 is 1.03 bits per heavy atom. The van der Waals surface area contributed by atoms with Gasteiger partial charge in [0.15, 0.2) is 0 Å². The Balaban J connectivity index is 1.67. The number of benzene rings is 2. The number of aromatic nitrogens is 1. The Morgan fingerprint density at radius 3 is 2.63 bits per heavy atom. The average molecular weight is 647 g/mol. The Kier molecular flexibility index (Phi) is 8.02. The molecule has 0 amide bonds. The summed E-state index contributed by atoms with van der Waals surface area (Å²) < 4.78 is 8.50. The first kappa shape index (κ1) is 22.5. The zero-order valence-electron chi connectivity index (χ0n) is 17.6. The predicted molar refractivity (Wildman–Crippen MR) is 132 cm³/mol.